The monoisotopic (exact) mass is 277 g/mol. The van der Waals surface area contributed by atoms with Crippen molar-refractivity contribution in [3.8, 4) is 16.9 Å². The van der Waals surface area contributed by atoms with Crippen molar-refractivity contribution in [1.82, 2.24) is 14.8 Å². The zero-order valence-corrected chi connectivity index (χ0v) is 11.7. The van der Waals surface area contributed by atoms with Crippen LogP contribution in [0, 0.1) is 0 Å². The fourth-order valence-corrected chi connectivity index (χ4v) is 2.27. The molecule has 0 fully saturated rings. The molecular weight excluding hydrogens is 262 g/mol. The van der Waals surface area contributed by atoms with Crippen LogP contribution in [-0.4, -0.2) is 14.8 Å². The van der Waals surface area contributed by atoms with Gasteiger partial charge in [-0.05, 0) is 12.1 Å². The molecule has 1 aromatic heterocycles. The van der Waals surface area contributed by atoms with Crippen LogP contribution in [0.3, 0.4) is 0 Å². The number of hydrogen-bond acceptors (Lipinski definition) is 3. The Bertz CT molecular complexity index is 795. The molecular formula is C17H15N3O. The third kappa shape index (κ3) is 2.48. The lowest BCUT2D eigenvalue weighted by molar-refractivity contribution is 0.759. The van der Waals surface area contributed by atoms with Crippen LogP contribution in [-0.2, 0) is 6.42 Å². The van der Waals surface area contributed by atoms with Crippen LogP contribution in [0.5, 0.6) is 0 Å². The van der Waals surface area contributed by atoms with Crippen LogP contribution in [0.15, 0.2) is 65.5 Å². The molecule has 104 valence electrons. The number of rotatable bonds is 3. The van der Waals surface area contributed by atoms with Crippen molar-refractivity contribution in [2.75, 3.05) is 0 Å². The SMILES string of the molecule is CCc1nnc(-c2ccccc2)c(=O)n1-c1ccccc1. The van der Waals surface area contributed by atoms with E-state index in [1.165, 1.54) is 0 Å². The molecule has 1 heterocycles. The fraction of sp³-hybridized carbons (Fsp3) is 0.118. The lowest BCUT2D eigenvalue weighted by Gasteiger charge is -2.11. The molecule has 0 unspecified atom stereocenters. The van der Waals surface area contributed by atoms with Crippen LogP contribution in [0.25, 0.3) is 16.9 Å². The Labute approximate surface area is 122 Å². The summed E-state index contributed by atoms with van der Waals surface area (Å²) in [5.41, 5.74) is 1.82. The summed E-state index contributed by atoms with van der Waals surface area (Å²) >= 11 is 0. The first-order valence-corrected chi connectivity index (χ1v) is 6.90. The molecule has 3 rings (SSSR count). The minimum atomic E-state index is -0.140. The summed E-state index contributed by atoms with van der Waals surface area (Å²) in [6, 6.07) is 19.0. The smallest absolute Gasteiger partial charge is 0.266 e. The molecule has 0 aliphatic rings. The van der Waals surface area contributed by atoms with E-state index in [1.54, 1.807) is 4.57 Å². The van der Waals surface area contributed by atoms with Gasteiger partial charge in [-0.15, -0.1) is 10.2 Å². The van der Waals surface area contributed by atoms with Crippen LogP contribution in [0.2, 0.25) is 0 Å². The number of benzene rings is 2. The van der Waals surface area contributed by atoms with E-state index in [2.05, 4.69) is 10.2 Å². The van der Waals surface area contributed by atoms with E-state index in [-0.39, 0.29) is 5.56 Å². The molecule has 0 bridgehead atoms. The van der Waals surface area contributed by atoms with Crippen LogP contribution in [0.4, 0.5) is 0 Å². The zero-order valence-electron chi connectivity index (χ0n) is 11.7. The largest absolute Gasteiger partial charge is 0.284 e. The van der Waals surface area contributed by atoms with Gasteiger partial charge in [0.15, 0.2) is 5.69 Å². The zero-order chi connectivity index (χ0) is 14.7. The molecule has 0 amide bonds. The average Bonchev–Trinajstić information content (AvgIpc) is 2.56. The Hall–Kier alpha value is -2.75. The molecule has 0 atom stereocenters. The second kappa shape index (κ2) is 5.71. The summed E-state index contributed by atoms with van der Waals surface area (Å²) in [5, 5.41) is 8.35. The number of nitrogens with zero attached hydrogens (tertiary/aromatic N) is 3. The van der Waals surface area contributed by atoms with E-state index in [4.69, 9.17) is 0 Å². The number of aromatic nitrogens is 3. The highest BCUT2D eigenvalue weighted by Crippen LogP contribution is 2.14. The van der Waals surface area contributed by atoms with Crippen molar-refractivity contribution >= 4 is 0 Å². The highest BCUT2D eigenvalue weighted by atomic mass is 16.1. The van der Waals surface area contributed by atoms with Gasteiger partial charge in [0.25, 0.3) is 5.56 Å². The molecule has 0 N–H and O–H groups in total. The van der Waals surface area contributed by atoms with Gasteiger partial charge >= 0.3 is 0 Å². The molecule has 0 aliphatic heterocycles. The van der Waals surface area contributed by atoms with E-state index < -0.39 is 0 Å². The Balaban J connectivity index is 2.26. The Morgan fingerprint density at radius 3 is 2.14 bits per heavy atom. The van der Waals surface area contributed by atoms with Crippen LogP contribution < -0.4 is 5.56 Å². The first-order chi connectivity index (χ1) is 10.3. The maximum Gasteiger partial charge on any atom is 0.284 e. The molecule has 2 aromatic carbocycles. The molecule has 21 heavy (non-hydrogen) atoms. The number of aryl methyl sites for hydroxylation is 1. The summed E-state index contributed by atoms with van der Waals surface area (Å²) in [6.45, 7) is 1.96. The second-order valence-electron chi connectivity index (χ2n) is 4.66. The van der Waals surface area contributed by atoms with E-state index in [9.17, 15) is 4.79 Å². The van der Waals surface area contributed by atoms with Gasteiger partial charge in [0.1, 0.15) is 5.82 Å². The molecule has 4 nitrogen and oxygen atoms in total. The van der Waals surface area contributed by atoms with E-state index in [1.807, 2.05) is 67.6 Å². The van der Waals surface area contributed by atoms with Gasteiger partial charge in [-0.25, -0.2) is 0 Å². The minimum absolute atomic E-state index is 0.140. The van der Waals surface area contributed by atoms with E-state index >= 15 is 0 Å². The third-order valence-electron chi connectivity index (χ3n) is 3.31. The van der Waals surface area contributed by atoms with Crippen molar-refractivity contribution in [1.29, 1.82) is 0 Å². The van der Waals surface area contributed by atoms with E-state index in [0.29, 0.717) is 17.9 Å². The van der Waals surface area contributed by atoms with Gasteiger partial charge in [-0.3, -0.25) is 9.36 Å². The highest BCUT2D eigenvalue weighted by molar-refractivity contribution is 5.57. The van der Waals surface area contributed by atoms with Crippen LogP contribution in [0.1, 0.15) is 12.7 Å². The van der Waals surface area contributed by atoms with Crippen molar-refractivity contribution in [2.24, 2.45) is 0 Å². The van der Waals surface area contributed by atoms with Crippen LogP contribution >= 0.6 is 0 Å². The molecule has 0 saturated heterocycles. The minimum Gasteiger partial charge on any atom is -0.266 e. The molecule has 3 aromatic rings. The summed E-state index contributed by atoms with van der Waals surface area (Å²) < 4.78 is 1.63. The molecule has 0 spiro atoms. The van der Waals surface area contributed by atoms with Crippen molar-refractivity contribution in [3.05, 3.63) is 76.8 Å². The quantitative estimate of drug-likeness (QED) is 0.739. The maximum atomic E-state index is 12.8. The Morgan fingerprint density at radius 1 is 0.905 bits per heavy atom. The summed E-state index contributed by atoms with van der Waals surface area (Å²) in [7, 11) is 0. The van der Waals surface area contributed by atoms with Gasteiger partial charge < -0.3 is 0 Å². The van der Waals surface area contributed by atoms with Gasteiger partial charge in [0.2, 0.25) is 0 Å². The van der Waals surface area contributed by atoms with Gasteiger partial charge in [-0.2, -0.15) is 0 Å². The van der Waals surface area contributed by atoms with Gasteiger partial charge in [0, 0.05) is 12.0 Å². The first kappa shape index (κ1) is 13.2. The first-order valence-electron chi connectivity index (χ1n) is 6.90. The molecule has 0 aliphatic carbocycles. The average molecular weight is 277 g/mol. The molecule has 4 heteroatoms. The van der Waals surface area contributed by atoms with Gasteiger partial charge in [0.05, 0.1) is 5.69 Å². The summed E-state index contributed by atoms with van der Waals surface area (Å²) in [6.07, 6.45) is 0.645. The van der Waals surface area contributed by atoms with E-state index in [0.717, 1.165) is 11.3 Å². The lowest BCUT2D eigenvalue weighted by atomic mass is 10.1. The Morgan fingerprint density at radius 2 is 1.52 bits per heavy atom. The summed E-state index contributed by atoms with van der Waals surface area (Å²) in [5.74, 6) is 0.658. The number of para-hydroxylation sites is 1. The molecule has 0 radical (unpaired) electrons. The van der Waals surface area contributed by atoms with Gasteiger partial charge in [-0.1, -0.05) is 55.5 Å². The maximum absolute atomic E-state index is 12.8. The van der Waals surface area contributed by atoms with Crippen molar-refractivity contribution in [3.63, 3.8) is 0 Å². The van der Waals surface area contributed by atoms with Crippen molar-refractivity contribution < 1.29 is 0 Å². The second-order valence-corrected chi connectivity index (χ2v) is 4.66. The normalized spacial score (nSPS) is 10.5. The summed E-state index contributed by atoms with van der Waals surface area (Å²) in [4.78, 5) is 12.8. The predicted octanol–water partition coefficient (Wildman–Crippen LogP) is 2.86. The third-order valence-corrected chi connectivity index (χ3v) is 3.31. The van der Waals surface area contributed by atoms with Crippen molar-refractivity contribution in [2.45, 2.75) is 13.3 Å². The number of hydrogen-bond donors (Lipinski definition) is 0. The predicted molar refractivity (Wildman–Crippen MR) is 82.4 cm³/mol. The Kier molecular flexibility index (Phi) is 3.60. The topological polar surface area (TPSA) is 47.8 Å². The standard InChI is InChI=1S/C17H15N3O/c1-2-15-18-19-16(13-9-5-3-6-10-13)17(21)20(15)14-11-7-4-8-12-14/h3-12H,2H2,1H3. The fourth-order valence-electron chi connectivity index (χ4n) is 2.27. The lowest BCUT2D eigenvalue weighted by Crippen LogP contribution is -2.26. The highest BCUT2D eigenvalue weighted by Gasteiger charge is 2.13. The molecule has 0 saturated carbocycles.